The molecular formula is C20H36N4O3. The van der Waals surface area contributed by atoms with E-state index in [4.69, 9.17) is 21.9 Å². The summed E-state index contributed by atoms with van der Waals surface area (Å²) < 4.78 is 5.63. The van der Waals surface area contributed by atoms with E-state index in [2.05, 4.69) is 5.32 Å². The Bertz CT molecular complexity index is 576. The molecule has 1 unspecified atom stereocenters. The van der Waals surface area contributed by atoms with E-state index in [-0.39, 0.29) is 11.5 Å². The number of unbranched alkanes of at least 4 members (excludes halogenated alkanes) is 2. The van der Waals surface area contributed by atoms with Crippen LogP contribution in [0.25, 0.3) is 0 Å². The molecular weight excluding hydrogens is 344 g/mol. The fraction of sp³-hybridized carbons (Fsp3) is 0.600. The van der Waals surface area contributed by atoms with Crippen molar-refractivity contribution in [3.8, 4) is 5.75 Å². The number of hydrogen-bond acceptors (Lipinski definition) is 5. The molecule has 27 heavy (non-hydrogen) atoms. The lowest BCUT2D eigenvalue weighted by Gasteiger charge is -2.15. The van der Waals surface area contributed by atoms with E-state index < -0.39 is 11.9 Å². The first-order chi connectivity index (χ1) is 12.8. The number of benzene rings is 1. The van der Waals surface area contributed by atoms with Gasteiger partial charge in [0.25, 0.3) is 5.91 Å². The van der Waals surface area contributed by atoms with Crippen LogP contribution in [-0.2, 0) is 4.79 Å². The number of nitrogens with one attached hydrogen (secondary N) is 1. The Balaban J connectivity index is 0.00000326. The van der Waals surface area contributed by atoms with Crippen LogP contribution in [0.4, 0.5) is 5.69 Å². The fourth-order valence-electron chi connectivity index (χ4n) is 2.38. The summed E-state index contributed by atoms with van der Waals surface area (Å²) in [5, 5.41) is 2.71. The number of primary amides is 1. The van der Waals surface area contributed by atoms with Crippen LogP contribution in [0.15, 0.2) is 18.2 Å². The standard InChI is InChI=1S/C18H30N4O3.C2H6/c1-12(2)10-15(20)18(24)22-13-6-7-16(14(11-13)17(21)23)25-9-5-3-4-8-19;1-2/h6-7,11-12,15H,3-5,8-10,19-20H2,1-2H3,(H2,21,23)(H,22,24);1-2H3. The van der Waals surface area contributed by atoms with Crippen molar-refractivity contribution in [1.29, 1.82) is 0 Å². The Morgan fingerprint density at radius 2 is 1.81 bits per heavy atom. The summed E-state index contributed by atoms with van der Waals surface area (Å²) in [6.45, 7) is 9.13. The van der Waals surface area contributed by atoms with Crippen LogP contribution in [0.5, 0.6) is 5.75 Å². The van der Waals surface area contributed by atoms with Gasteiger partial charge in [-0.05, 0) is 56.3 Å². The van der Waals surface area contributed by atoms with Gasteiger partial charge >= 0.3 is 0 Å². The molecule has 2 amide bonds. The van der Waals surface area contributed by atoms with Gasteiger partial charge in [-0.25, -0.2) is 0 Å². The molecule has 0 radical (unpaired) electrons. The van der Waals surface area contributed by atoms with Crippen LogP contribution in [0.2, 0.25) is 0 Å². The molecule has 0 aliphatic carbocycles. The second-order valence-corrected chi connectivity index (χ2v) is 6.50. The summed E-state index contributed by atoms with van der Waals surface area (Å²) in [7, 11) is 0. The predicted octanol–water partition coefficient (Wildman–Crippen LogP) is 2.63. The van der Waals surface area contributed by atoms with E-state index in [9.17, 15) is 9.59 Å². The molecule has 7 N–H and O–H groups in total. The number of nitrogens with two attached hydrogens (primary N) is 3. The molecule has 0 saturated carbocycles. The molecule has 0 aliphatic rings. The summed E-state index contributed by atoms with van der Waals surface area (Å²) in [6.07, 6.45) is 3.33. The van der Waals surface area contributed by atoms with Crippen LogP contribution in [0.1, 0.15) is 63.7 Å². The van der Waals surface area contributed by atoms with E-state index in [0.29, 0.717) is 36.9 Å². The Kier molecular flexibility index (Phi) is 12.9. The van der Waals surface area contributed by atoms with Crippen LogP contribution in [0.3, 0.4) is 0 Å². The first-order valence-corrected chi connectivity index (χ1v) is 9.68. The summed E-state index contributed by atoms with van der Waals surface area (Å²) in [5.74, 6) is -0.180. The van der Waals surface area contributed by atoms with E-state index >= 15 is 0 Å². The zero-order valence-electron chi connectivity index (χ0n) is 17.1. The van der Waals surface area contributed by atoms with Crippen molar-refractivity contribution in [2.75, 3.05) is 18.5 Å². The number of ether oxygens (including phenoxy) is 1. The molecule has 1 aromatic rings. The first-order valence-electron chi connectivity index (χ1n) is 9.68. The van der Waals surface area contributed by atoms with Gasteiger partial charge in [0.2, 0.25) is 5.91 Å². The number of rotatable bonds is 11. The maximum Gasteiger partial charge on any atom is 0.252 e. The molecule has 1 atom stereocenters. The molecule has 1 aromatic carbocycles. The monoisotopic (exact) mass is 380 g/mol. The van der Waals surface area contributed by atoms with Gasteiger partial charge in [0.15, 0.2) is 0 Å². The number of carbonyl (C=O) groups is 2. The lowest BCUT2D eigenvalue weighted by molar-refractivity contribution is -0.117. The van der Waals surface area contributed by atoms with Gasteiger partial charge in [0.1, 0.15) is 5.75 Å². The molecule has 0 saturated heterocycles. The Hall–Kier alpha value is -2.12. The minimum atomic E-state index is -0.612. The van der Waals surface area contributed by atoms with Gasteiger partial charge in [0.05, 0.1) is 18.2 Å². The second kappa shape index (κ2) is 14.0. The highest BCUT2D eigenvalue weighted by atomic mass is 16.5. The molecule has 0 heterocycles. The number of amides is 2. The zero-order chi connectivity index (χ0) is 20.8. The second-order valence-electron chi connectivity index (χ2n) is 6.50. The minimum absolute atomic E-state index is 0.231. The van der Waals surface area contributed by atoms with Crippen molar-refractivity contribution in [2.45, 2.75) is 59.4 Å². The zero-order valence-corrected chi connectivity index (χ0v) is 17.1. The highest BCUT2D eigenvalue weighted by molar-refractivity contribution is 5.99. The van der Waals surface area contributed by atoms with E-state index in [1.807, 2.05) is 27.7 Å². The number of hydrogen-bond donors (Lipinski definition) is 4. The lowest BCUT2D eigenvalue weighted by atomic mass is 10.0. The van der Waals surface area contributed by atoms with Gasteiger partial charge in [-0.2, -0.15) is 0 Å². The summed E-state index contributed by atoms with van der Waals surface area (Å²) in [6, 6.07) is 4.21. The lowest BCUT2D eigenvalue weighted by Crippen LogP contribution is -2.36. The van der Waals surface area contributed by atoms with Crippen molar-refractivity contribution >= 4 is 17.5 Å². The molecule has 154 valence electrons. The van der Waals surface area contributed by atoms with E-state index in [0.717, 1.165) is 19.3 Å². The first kappa shape index (κ1) is 24.9. The maximum atomic E-state index is 12.1. The van der Waals surface area contributed by atoms with Gasteiger partial charge < -0.3 is 27.3 Å². The number of anilines is 1. The quantitative estimate of drug-likeness (QED) is 0.438. The Labute approximate surface area is 163 Å². The van der Waals surface area contributed by atoms with Crippen LogP contribution in [-0.4, -0.2) is 31.0 Å². The molecule has 7 nitrogen and oxygen atoms in total. The van der Waals surface area contributed by atoms with Crippen molar-refractivity contribution in [3.63, 3.8) is 0 Å². The SMILES string of the molecule is CC.CC(C)CC(N)C(=O)Nc1ccc(OCCCCCN)c(C(N)=O)c1. The Morgan fingerprint density at radius 3 is 2.37 bits per heavy atom. The smallest absolute Gasteiger partial charge is 0.252 e. The van der Waals surface area contributed by atoms with Crippen LogP contribution in [0, 0.1) is 5.92 Å². The average Bonchev–Trinajstić information content (AvgIpc) is 2.63. The van der Waals surface area contributed by atoms with Crippen molar-refractivity contribution in [2.24, 2.45) is 23.1 Å². The van der Waals surface area contributed by atoms with Gasteiger partial charge in [0, 0.05) is 5.69 Å². The van der Waals surface area contributed by atoms with Gasteiger partial charge in [-0.15, -0.1) is 0 Å². The molecule has 0 bridgehead atoms. The fourth-order valence-corrected chi connectivity index (χ4v) is 2.38. The number of carbonyl (C=O) groups excluding carboxylic acids is 2. The summed E-state index contributed by atoms with van der Waals surface area (Å²) in [4.78, 5) is 23.8. The molecule has 0 aliphatic heterocycles. The summed E-state index contributed by atoms with van der Waals surface area (Å²) >= 11 is 0. The largest absolute Gasteiger partial charge is 0.493 e. The minimum Gasteiger partial charge on any atom is -0.493 e. The third-order valence-corrected chi connectivity index (χ3v) is 3.68. The topological polar surface area (TPSA) is 133 Å². The highest BCUT2D eigenvalue weighted by Gasteiger charge is 2.17. The van der Waals surface area contributed by atoms with E-state index in [1.54, 1.807) is 12.1 Å². The maximum absolute atomic E-state index is 12.1. The average molecular weight is 381 g/mol. The normalized spacial score (nSPS) is 11.4. The highest BCUT2D eigenvalue weighted by Crippen LogP contribution is 2.23. The third-order valence-electron chi connectivity index (χ3n) is 3.68. The van der Waals surface area contributed by atoms with Crippen molar-refractivity contribution < 1.29 is 14.3 Å². The molecule has 0 fully saturated rings. The molecule has 7 heteroatoms. The van der Waals surface area contributed by atoms with Crippen molar-refractivity contribution in [1.82, 2.24) is 0 Å². The van der Waals surface area contributed by atoms with Gasteiger partial charge in [-0.1, -0.05) is 27.7 Å². The predicted molar refractivity (Wildman–Crippen MR) is 111 cm³/mol. The van der Waals surface area contributed by atoms with Crippen molar-refractivity contribution in [3.05, 3.63) is 23.8 Å². The molecule has 0 spiro atoms. The van der Waals surface area contributed by atoms with Crippen LogP contribution >= 0.6 is 0 Å². The summed E-state index contributed by atoms with van der Waals surface area (Å²) in [5.41, 5.74) is 17.4. The van der Waals surface area contributed by atoms with Gasteiger partial charge in [-0.3, -0.25) is 9.59 Å². The van der Waals surface area contributed by atoms with E-state index in [1.165, 1.54) is 6.07 Å². The van der Waals surface area contributed by atoms with Crippen LogP contribution < -0.4 is 27.3 Å². The molecule has 1 rings (SSSR count). The third kappa shape index (κ3) is 9.96. The Morgan fingerprint density at radius 1 is 1.15 bits per heavy atom. The molecule has 0 aromatic heterocycles.